The molecule has 0 aromatic carbocycles. The van der Waals surface area contributed by atoms with Crippen molar-refractivity contribution in [3.05, 3.63) is 0 Å². The molecule has 9 heavy (non-hydrogen) atoms. The zero-order chi connectivity index (χ0) is 4.50. The summed E-state index contributed by atoms with van der Waals surface area (Å²) >= 11 is -3.25. The summed E-state index contributed by atoms with van der Waals surface area (Å²) in [6.07, 6.45) is 0. The average Bonchev–Trinajstić information content (AvgIpc) is 0.722. The van der Waals surface area contributed by atoms with E-state index in [0.717, 1.165) is 0 Å². The van der Waals surface area contributed by atoms with Crippen molar-refractivity contribution in [2.45, 2.75) is 0 Å². The van der Waals surface area contributed by atoms with E-state index >= 15 is 0 Å². The molecule has 0 aromatic heterocycles. The molecule has 4 nitrogen and oxygen atoms in total. The van der Waals surface area contributed by atoms with Gasteiger partial charge in [0.25, 0.3) is 0 Å². The van der Waals surface area contributed by atoms with E-state index in [2.05, 4.69) is 0 Å². The number of nitrogens with two attached hydrogens (primary N) is 4. The molecule has 0 heterocycles. The van der Waals surface area contributed by atoms with Gasteiger partial charge in [0.1, 0.15) is 0 Å². The molecule has 0 aromatic rings. The van der Waals surface area contributed by atoms with Gasteiger partial charge in [-0.2, -0.15) is 0 Å². The van der Waals surface area contributed by atoms with Gasteiger partial charge >= 0.3 is 33.6 Å². The average molecular weight is 275 g/mol. The van der Waals surface area contributed by atoms with Crippen molar-refractivity contribution in [2.75, 3.05) is 0 Å². The van der Waals surface area contributed by atoms with Gasteiger partial charge in [-0.1, -0.05) is 0 Å². The number of halogens is 4. The van der Waals surface area contributed by atoms with Crippen LogP contribution in [0.3, 0.4) is 0 Å². The molecule has 62 valence electrons. The van der Waals surface area contributed by atoms with Gasteiger partial charge in [-0.15, -0.1) is 49.6 Å². The van der Waals surface area contributed by atoms with Gasteiger partial charge in [-0.25, -0.2) is 0 Å². The molecule has 0 radical (unpaired) electrons. The Labute approximate surface area is 83.0 Å². The van der Waals surface area contributed by atoms with E-state index < -0.39 is 15.7 Å². The molecule has 0 atom stereocenters. The van der Waals surface area contributed by atoms with Crippen LogP contribution in [0.1, 0.15) is 0 Å². The van der Waals surface area contributed by atoms with Crippen LogP contribution in [0.25, 0.3) is 0 Å². The second-order valence-corrected chi connectivity index (χ2v) is 7.35. The Hall–Kier alpha value is 1.62. The molecule has 0 spiro atoms. The third kappa shape index (κ3) is 212. The van der Waals surface area contributed by atoms with Gasteiger partial charge in [-0.05, 0) is 0 Å². The SMILES string of the molecule is Cl.Cl.Cl.Cl.[NH2][Zn]([NH2])([NH2])[NH2]. The molecule has 0 fully saturated rings. The monoisotopic (exact) mass is 272 g/mol. The van der Waals surface area contributed by atoms with Crippen molar-refractivity contribution in [1.82, 2.24) is 0 Å². The summed E-state index contributed by atoms with van der Waals surface area (Å²) < 4.78 is 19.6. The minimum absolute atomic E-state index is 0. The topological polar surface area (TPSA) is 104 Å². The third-order valence-corrected chi connectivity index (χ3v) is 0. The summed E-state index contributed by atoms with van der Waals surface area (Å²) in [5.74, 6) is 0. The summed E-state index contributed by atoms with van der Waals surface area (Å²) in [4.78, 5) is 0. The van der Waals surface area contributed by atoms with Crippen molar-refractivity contribution < 1.29 is 15.7 Å². The van der Waals surface area contributed by atoms with Crippen molar-refractivity contribution in [3.8, 4) is 0 Å². The van der Waals surface area contributed by atoms with Gasteiger partial charge < -0.3 is 0 Å². The van der Waals surface area contributed by atoms with Crippen LogP contribution in [0, 0.1) is 0 Å². The Morgan fingerprint density at radius 2 is 0.556 bits per heavy atom. The standard InChI is InChI=1S/4ClH.4H2N.Zn/h4*1H;4*1H2;/q;;;;4*-1;+4. The summed E-state index contributed by atoms with van der Waals surface area (Å²) in [6, 6.07) is 0. The zero-order valence-electron chi connectivity index (χ0n) is 4.65. The molecule has 0 aliphatic rings. The Morgan fingerprint density at radius 1 is 0.556 bits per heavy atom. The molecule has 9 heteroatoms. The molecule has 0 aliphatic heterocycles. The molecular weight excluding hydrogens is 263 g/mol. The minimum atomic E-state index is -3.25. The second-order valence-electron chi connectivity index (χ2n) is 1.41. The van der Waals surface area contributed by atoms with Gasteiger partial charge in [0, 0.05) is 0 Å². The van der Waals surface area contributed by atoms with Crippen LogP contribution in [0.5, 0.6) is 0 Å². The van der Waals surface area contributed by atoms with Gasteiger partial charge in [0.15, 0.2) is 0 Å². The predicted molar refractivity (Wildman–Crippen MR) is 45.7 cm³/mol. The maximum atomic E-state index is 4.91. The van der Waals surface area contributed by atoms with Crippen LogP contribution in [0.4, 0.5) is 0 Å². The Bertz CT molecular complexity index is 28.0. The molecule has 0 aliphatic carbocycles. The van der Waals surface area contributed by atoms with Crippen molar-refractivity contribution >= 4 is 49.6 Å². The molecule has 0 amide bonds. The molecule has 0 unspecified atom stereocenters. The zero-order valence-corrected chi connectivity index (χ0v) is 10.9. The van der Waals surface area contributed by atoms with E-state index in [1.165, 1.54) is 0 Å². The van der Waals surface area contributed by atoms with E-state index in [9.17, 15) is 0 Å². The van der Waals surface area contributed by atoms with Gasteiger partial charge in [0.05, 0.1) is 0 Å². The first-order valence-electron chi connectivity index (χ1n) is 1.63. The fraction of sp³-hybridized carbons (Fsp3) is 0. The van der Waals surface area contributed by atoms with E-state index in [-0.39, 0.29) is 49.6 Å². The van der Waals surface area contributed by atoms with Crippen LogP contribution in [0.2, 0.25) is 0 Å². The van der Waals surface area contributed by atoms with E-state index in [1.807, 2.05) is 0 Å². The molecule has 8 N–H and O–H groups in total. The molecular formula is H12Cl4N4Zn. The van der Waals surface area contributed by atoms with Crippen LogP contribution in [-0.4, -0.2) is 0 Å². The predicted octanol–water partition coefficient (Wildman–Crippen LogP) is -0.678. The summed E-state index contributed by atoms with van der Waals surface area (Å²) in [5.41, 5.74) is 0. The Kier molecular flexibility index (Phi) is 42.6. The summed E-state index contributed by atoms with van der Waals surface area (Å²) in [7, 11) is 0. The second kappa shape index (κ2) is 12.3. The van der Waals surface area contributed by atoms with E-state index in [1.54, 1.807) is 0 Å². The summed E-state index contributed by atoms with van der Waals surface area (Å²) in [6.45, 7) is 0. The Balaban J connectivity index is -0.0000000133. The van der Waals surface area contributed by atoms with Crippen LogP contribution in [0.15, 0.2) is 0 Å². The molecule has 0 saturated carbocycles. The quantitative estimate of drug-likeness (QED) is 0.440. The first-order valence-corrected chi connectivity index (χ1v) is 8.49. The normalized spacial score (nSPS) is 4.89. The number of rotatable bonds is 0. The van der Waals surface area contributed by atoms with E-state index in [0.29, 0.717) is 0 Å². The first kappa shape index (κ1) is 31.1. The van der Waals surface area contributed by atoms with Crippen LogP contribution >= 0.6 is 49.6 Å². The van der Waals surface area contributed by atoms with Gasteiger partial charge in [-0.3, -0.25) is 0 Å². The number of hydrogen-bond donors (Lipinski definition) is 4. The van der Waals surface area contributed by atoms with Crippen LogP contribution < -0.4 is 17.9 Å². The van der Waals surface area contributed by atoms with Crippen molar-refractivity contribution in [1.29, 1.82) is 0 Å². The maximum absolute atomic E-state index is 4.91. The fourth-order valence-electron chi connectivity index (χ4n) is 0. The number of hydrogen-bond acceptors (Lipinski definition) is 4. The third-order valence-electron chi connectivity index (χ3n) is 0. The Morgan fingerprint density at radius 3 is 0.556 bits per heavy atom. The first-order chi connectivity index (χ1) is 2.00. The summed E-state index contributed by atoms with van der Waals surface area (Å²) in [5, 5.41) is 0. The van der Waals surface area contributed by atoms with E-state index in [4.69, 9.17) is 17.9 Å². The van der Waals surface area contributed by atoms with Crippen LogP contribution in [-0.2, 0) is 15.7 Å². The molecule has 0 saturated heterocycles. The van der Waals surface area contributed by atoms with Gasteiger partial charge in [0.2, 0.25) is 0 Å². The fourth-order valence-corrected chi connectivity index (χ4v) is 0. The van der Waals surface area contributed by atoms with Crippen molar-refractivity contribution in [2.24, 2.45) is 17.9 Å². The van der Waals surface area contributed by atoms with Crippen molar-refractivity contribution in [3.63, 3.8) is 0 Å². The molecule has 0 bridgehead atoms. The molecule has 0 rings (SSSR count).